The van der Waals surface area contributed by atoms with Crippen LogP contribution >= 0.6 is 0 Å². The summed E-state index contributed by atoms with van der Waals surface area (Å²) in [5.41, 5.74) is 1.77. The Hall–Kier alpha value is -3.48. The largest absolute Gasteiger partial charge is 0.495 e. The van der Waals surface area contributed by atoms with Gasteiger partial charge in [-0.2, -0.15) is 0 Å². The maximum atomic E-state index is 12.1. The second-order valence-electron chi connectivity index (χ2n) is 4.98. The highest BCUT2D eigenvalue weighted by Gasteiger charge is 2.07. The molecule has 7 heteroatoms. The van der Waals surface area contributed by atoms with Gasteiger partial charge in [0.25, 0.3) is 0 Å². The topological polar surface area (TPSA) is 91.5 Å². The molecule has 2 aromatic rings. The molecule has 0 spiro atoms. The van der Waals surface area contributed by atoms with E-state index in [4.69, 9.17) is 4.74 Å². The molecule has 0 fully saturated rings. The lowest BCUT2D eigenvalue weighted by Gasteiger charge is -2.11. The molecule has 0 aromatic heterocycles. The Labute approximate surface area is 146 Å². The van der Waals surface area contributed by atoms with Gasteiger partial charge in [-0.05, 0) is 36.4 Å². The number of amides is 4. The van der Waals surface area contributed by atoms with Gasteiger partial charge in [0.1, 0.15) is 5.75 Å². The minimum atomic E-state index is -0.395. The van der Waals surface area contributed by atoms with Crippen molar-refractivity contribution in [2.24, 2.45) is 0 Å². The van der Waals surface area contributed by atoms with Gasteiger partial charge in [0, 0.05) is 17.9 Å². The molecule has 0 aliphatic rings. The molecule has 0 aliphatic carbocycles. The van der Waals surface area contributed by atoms with Crippen molar-refractivity contribution in [2.45, 2.75) is 0 Å². The van der Waals surface area contributed by atoms with E-state index < -0.39 is 6.03 Å². The molecule has 0 radical (unpaired) electrons. The number of ether oxygens (including phenoxy) is 1. The number of carbonyl (C=O) groups is 2. The van der Waals surface area contributed by atoms with E-state index >= 15 is 0 Å². The lowest BCUT2D eigenvalue weighted by Crippen LogP contribution is -2.28. The van der Waals surface area contributed by atoms with Crippen molar-refractivity contribution in [2.75, 3.05) is 29.6 Å². The van der Waals surface area contributed by atoms with Crippen LogP contribution in [-0.2, 0) is 0 Å². The number of urea groups is 2. The molecule has 4 amide bonds. The smallest absolute Gasteiger partial charge is 0.323 e. The summed E-state index contributed by atoms with van der Waals surface area (Å²) >= 11 is 0. The minimum absolute atomic E-state index is 0.325. The van der Waals surface area contributed by atoms with Crippen LogP contribution in [0.3, 0.4) is 0 Å². The highest BCUT2D eigenvalue weighted by atomic mass is 16.5. The summed E-state index contributed by atoms with van der Waals surface area (Å²) in [4.78, 5) is 23.6. The monoisotopic (exact) mass is 340 g/mol. The zero-order valence-corrected chi connectivity index (χ0v) is 13.8. The summed E-state index contributed by atoms with van der Waals surface area (Å²) in [6.45, 7) is 3.91. The van der Waals surface area contributed by atoms with Gasteiger partial charge < -0.3 is 26.0 Å². The van der Waals surface area contributed by atoms with Gasteiger partial charge in [0.2, 0.25) is 0 Å². The number of nitrogens with one attached hydrogen (secondary N) is 4. The fourth-order valence-electron chi connectivity index (χ4n) is 2.01. The third-order valence-corrected chi connectivity index (χ3v) is 3.16. The van der Waals surface area contributed by atoms with E-state index in [1.807, 2.05) is 6.07 Å². The van der Waals surface area contributed by atoms with E-state index in [0.717, 1.165) is 0 Å². The van der Waals surface area contributed by atoms with Crippen LogP contribution in [0.4, 0.5) is 26.7 Å². The summed E-state index contributed by atoms with van der Waals surface area (Å²) < 4.78 is 5.18. The average molecular weight is 340 g/mol. The Morgan fingerprint density at radius 2 is 1.56 bits per heavy atom. The van der Waals surface area contributed by atoms with Gasteiger partial charge in [0.05, 0.1) is 12.8 Å². The lowest BCUT2D eigenvalue weighted by molar-refractivity contribution is 0.253. The fourth-order valence-corrected chi connectivity index (χ4v) is 2.01. The predicted octanol–water partition coefficient (Wildman–Crippen LogP) is 3.65. The number of hydrogen-bond acceptors (Lipinski definition) is 3. The average Bonchev–Trinajstić information content (AvgIpc) is 2.62. The van der Waals surface area contributed by atoms with Crippen molar-refractivity contribution in [1.82, 2.24) is 5.32 Å². The fraction of sp³-hybridized carbons (Fsp3) is 0.111. The van der Waals surface area contributed by atoms with E-state index in [1.54, 1.807) is 48.5 Å². The first-order valence-corrected chi connectivity index (χ1v) is 7.59. The summed E-state index contributed by atoms with van der Waals surface area (Å²) in [5, 5.41) is 10.7. The van der Waals surface area contributed by atoms with Gasteiger partial charge in [-0.3, -0.25) is 0 Å². The molecule has 25 heavy (non-hydrogen) atoms. The van der Waals surface area contributed by atoms with E-state index in [1.165, 1.54) is 7.11 Å². The first-order valence-electron chi connectivity index (χ1n) is 7.59. The molecule has 2 rings (SSSR count). The molecule has 2 aromatic carbocycles. The summed E-state index contributed by atoms with van der Waals surface area (Å²) in [7, 11) is 1.54. The quantitative estimate of drug-likeness (QED) is 0.605. The Kier molecular flexibility index (Phi) is 6.41. The number of methoxy groups -OCH3 is 1. The first kappa shape index (κ1) is 17.9. The highest BCUT2D eigenvalue weighted by molar-refractivity contribution is 6.00. The molecule has 130 valence electrons. The number of anilines is 3. The summed E-state index contributed by atoms with van der Waals surface area (Å²) in [6, 6.07) is 13.1. The van der Waals surface area contributed by atoms with Gasteiger partial charge in [0.15, 0.2) is 0 Å². The molecule has 0 atom stereocenters. The van der Waals surface area contributed by atoms with Crippen LogP contribution in [0.1, 0.15) is 0 Å². The van der Waals surface area contributed by atoms with Gasteiger partial charge in [-0.25, -0.2) is 9.59 Å². The second-order valence-corrected chi connectivity index (χ2v) is 4.98. The molecule has 7 nitrogen and oxygen atoms in total. The van der Waals surface area contributed by atoms with Crippen molar-refractivity contribution >= 4 is 29.1 Å². The van der Waals surface area contributed by atoms with Crippen molar-refractivity contribution in [3.8, 4) is 5.75 Å². The van der Waals surface area contributed by atoms with E-state index in [-0.39, 0.29) is 6.03 Å². The Morgan fingerprint density at radius 1 is 0.960 bits per heavy atom. The predicted molar refractivity (Wildman–Crippen MR) is 99.3 cm³/mol. The Morgan fingerprint density at radius 3 is 2.16 bits per heavy atom. The number of benzene rings is 2. The van der Waals surface area contributed by atoms with Gasteiger partial charge in [-0.1, -0.05) is 18.2 Å². The second kappa shape index (κ2) is 8.97. The molecular weight excluding hydrogens is 320 g/mol. The lowest BCUT2D eigenvalue weighted by atomic mass is 10.3. The standard InChI is InChI=1S/C18H20N4O3/c1-3-12-19-17(23)20-13-8-10-14(11-9-13)21-18(24)22-15-6-4-5-7-16(15)25-2/h3-11H,1,12H2,2H3,(H2,19,20,23)(H2,21,22,24). The molecule has 0 aliphatic heterocycles. The zero-order chi connectivity index (χ0) is 18.1. The molecule has 0 bridgehead atoms. The van der Waals surface area contributed by atoms with Crippen LogP contribution < -0.4 is 26.0 Å². The van der Waals surface area contributed by atoms with Crippen LogP contribution in [0.2, 0.25) is 0 Å². The molecule has 0 saturated heterocycles. The van der Waals surface area contributed by atoms with Crippen molar-refractivity contribution in [3.63, 3.8) is 0 Å². The third-order valence-electron chi connectivity index (χ3n) is 3.16. The Balaban J connectivity index is 1.91. The van der Waals surface area contributed by atoms with Gasteiger partial charge in [-0.15, -0.1) is 6.58 Å². The minimum Gasteiger partial charge on any atom is -0.495 e. The van der Waals surface area contributed by atoms with Crippen LogP contribution in [-0.4, -0.2) is 25.7 Å². The van der Waals surface area contributed by atoms with E-state index in [0.29, 0.717) is 29.4 Å². The van der Waals surface area contributed by atoms with Crippen LogP contribution in [0, 0.1) is 0 Å². The Bertz CT molecular complexity index is 744. The highest BCUT2D eigenvalue weighted by Crippen LogP contribution is 2.23. The summed E-state index contributed by atoms with van der Waals surface area (Å²) in [5.74, 6) is 0.572. The van der Waals surface area contributed by atoms with E-state index in [9.17, 15) is 9.59 Å². The van der Waals surface area contributed by atoms with Crippen molar-refractivity contribution in [3.05, 3.63) is 61.2 Å². The first-order chi connectivity index (χ1) is 12.1. The van der Waals surface area contributed by atoms with Gasteiger partial charge >= 0.3 is 12.1 Å². The third kappa shape index (κ3) is 5.58. The van der Waals surface area contributed by atoms with Crippen molar-refractivity contribution in [1.29, 1.82) is 0 Å². The molecule has 0 unspecified atom stereocenters. The molecule has 0 heterocycles. The number of rotatable bonds is 6. The summed E-state index contributed by atoms with van der Waals surface area (Å²) in [6.07, 6.45) is 1.59. The zero-order valence-electron chi connectivity index (χ0n) is 13.8. The SMILES string of the molecule is C=CCNC(=O)Nc1ccc(NC(=O)Nc2ccccc2OC)cc1. The van der Waals surface area contributed by atoms with E-state index in [2.05, 4.69) is 27.8 Å². The maximum Gasteiger partial charge on any atom is 0.323 e. The number of carbonyl (C=O) groups excluding carboxylic acids is 2. The van der Waals surface area contributed by atoms with Crippen LogP contribution in [0.15, 0.2) is 61.2 Å². The normalized spacial score (nSPS) is 9.64. The number of para-hydroxylation sites is 2. The maximum absolute atomic E-state index is 12.1. The van der Waals surface area contributed by atoms with Crippen LogP contribution in [0.25, 0.3) is 0 Å². The van der Waals surface area contributed by atoms with Crippen molar-refractivity contribution < 1.29 is 14.3 Å². The van der Waals surface area contributed by atoms with Crippen LogP contribution in [0.5, 0.6) is 5.75 Å². The molecular formula is C18H20N4O3. The number of hydrogen-bond donors (Lipinski definition) is 4. The molecule has 4 N–H and O–H groups in total. The molecule has 0 saturated carbocycles.